The third-order valence-electron chi connectivity index (χ3n) is 6.78. The van der Waals surface area contributed by atoms with Crippen molar-refractivity contribution in [2.24, 2.45) is 5.92 Å². The maximum Gasteiger partial charge on any atom is 0.320 e. The summed E-state index contributed by atoms with van der Waals surface area (Å²) in [5, 5.41) is 13.3. The molecule has 2 fully saturated rings. The molecule has 2 heterocycles. The highest BCUT2D eigenvalue weighted by Crippen LogP contribution is 2.27. The molecule has 4 rings (SSSR count). The van der Waals surface area contributed by atoms with Gasteiger partial charge in [-0.3, -0.25) is 14.5 Å². The van der Waals surface area contributed by atoms with Crippen LogP contribution in [-0.2, 0) is 22.6 Å². The topological polar surface area (TPSA) is 102 Å². The molecule has 0 spiro atoms. The third-order valence-corrected chi connectivity index (χ3v) is 7.37. The van der Waals surface area contributed by atoms with Gasteiger partial charge in [0.2, 0.25) is 0 Å². The van der Waals surface area contributed by atoms with Crippen LogP contribution < -0.4 is 5.32 Å². The van der Waals surface area contributed by atoms with Crippen molar-refractivity contribution in [3.8, 4) is 0 Å². The fraction of sp³-hybridized carbons (Fsp3) is 0.444. The van der Waals surface area contributed by atoms with E-state index in [-0.39, 0.29) is 43.9 Å². The van der Waals surface area contributed by atoms with Crippen LogP contribution in [0.2, 0.25) is 10.0 Å². The highest BCUT2D eigenvalue weighted by atomic mass is 35.5. The van der Waals surface area contributed by atoms with E-state index >= 15 is 0 Å². The van der Waals surface area contributed by atoms with Gasteiger partial charge in [0.05, 0.1) is 19.6 Å². The second-order valence-corrected chi connectivity index (χ2v) is 10.5. The van der Waals surface area contributed by atoms with Crippen molar-refractivity contribution in [3.05, 3.63) is 69.2 Å². The molecule has 1 unspecified atom stereocenters. The van der Waals surface area contributed by atoms with E-state index in [2.05, 4.69) is 10.2 Å². The molecule has 0 bridgehead atoms. The lowest BCUT2D eigenvalue weighted by atomic mass is 9.99. The van der Waals surface area contributed by atoms with Gasteiger partial charge in [-0.2, -0.15) is 0 Å². The summed E-state index contributed by atoms with van der Waals surface area (Å²) < 4.78 is 5.36. The minimum atomic E-state index is -0.922. The first kappa shape index (κ1) is 28.2. The summed E-state index contributed by atoms with van der Waals surface area (Å²) in [4.78, 5) is 43.5. The van der Waals surface area contributed by atoms with E-state index < -0.39 is 5.97 Å². The molecule has 2 saturated heterocycles. The normalized spacial score (nSPS) is 18.5. The van der Waals surface area contributed by atoms with Crippen molar-refractivity contribution in [3.63, 3.8) is 0 Å². The number of halogens is 2. The second kappa shape index (κ2) is 13.3. The number of aliphatic carboxylic acids is 1. The quantitative estimate of drug-likeness (QED) is 0.458. The SMILES string of the molecule is O=C(O)CC1CN(Cc2ccc(Cl)cc2Cl)C(=O)N(Cc2ccccc2C(=O)NCCN2CCOCC2)C1. The molecule has 2 aromatic rings. The van der Waals surface area contributed by atoms with Crippen LogP contribution in [0.25, 0.3) is 0 Å². The maximum absolute atomic E-state index is 13.5. The predicted molar refractivity (Wildman–Crippen MR) is 144 cm³/mol. The first-order valence-electron chi connectivity index (χ1n) is 12.7. The summed E-state index contributed by atoms with van der Waals surface area (Å²) in [6.07, 6.45) is -0.0711. The van der Waals surface area contributed by atoms with Crippen LogP contribution >= 0.6 is 23.2 Å². The van der Waals surface area contributed by atoms with Gasteiger partial charge in [0.1, 0.15) is 0 Å². The average Bonchev–Trinajstić information content (AvgIpc) is 2.89. The van der Waals surface area contributed by atoms with Gasteiger partial charge < -0.3 is 25.0 Å². The van der Waals surface area contributed by atoms with Crippen molar-refractivity contribution in [2.75, 3.05) is 52.5 Å². The van der Waals surface area contributed by atoms with Gasteiger partial charge in [-0.15, -0.1) is 0 Å². The van der Waals surface area contributed by atoms with Crippen LogP contribution in [0.3, 0.4) is 0 Å². The summed E-state index contributed by atoms with van der Waals surface area (Å²) in [5.41, 5.74) is 1.92. The van der Waals surface area contributed by atoms with Crippen molar-refractivity contribution in [1.29, 1.82) is 0 Å². The molecule has 0 radical (unpaired) electrons. The molecule has 11 heteroatoms. The Labute approximate surface area is 232 Å². The van der Waals surface area contributed by atoms with Crippen molar-refractivity contribution in [2.45, 2.75) is 19.5 Å². The van der Waals surface area contributed by atoms with E-state index in [0.29, 0.717) is 47.5 Å². The summed E-state index contributed by atoms with van der Waals surface area (Å²) in [6.45, 7) is 5.32. The monoisotopic (exact) mass is 562 g/mol. The average molecular weight is 563 g/mol. The van der Waals surface area contributed by atoms with Crippen LogP contribution in [0, 0.1) is 5.92 Å². The molecule has 0 aromatic heterocycles. The first-order valence-corrected chi connectivity index (χ1v) is 13.4. The smallest absolute Gasteiger partial charge is 0.320 e. The highest BCUT2D eigenvalue weighted by Gasteiger charge is 2.33. The maximum atomic E-state index is 13.5. The van der Waals surface area contributed by atoms with Crippen LogP contribution in [0.4, 0.5) is 4.79 Å². The highest BCUT2D eigenvalue weighted by molar-refractivity contribution is 6.35. The van der Waals surface area contributed by atoms with Gasteiger partial charge in [0.25, 0.3) is 5.91 Å². The molecule has 2 N–H and O–H groups in total. The van der Waals surface area contributed by atoms with Gasteiger partial charge in [-0.1, -0.05) is 47.5 Å². The lowest BCUT2D eigenvalue weighted by Gasteiger charge is -2.40. The van der Waals surface area contributed by atoms with Crippen LogP contribution in [-0.4, -0.2) is 90.2 Å². The lowest BCUT2D eigenvalue weighted by Crippen LogP contribution is -2.53. The minimum absolute atomic E-state index is 0.0711. The summed E-state index contributed by atoms with van der Waals surface area (Å²) in [6, 6.07) is 12.0. The molecule has 38 heavy (non-hydrogen) atoms. The molecule has 2 aromatic carbocycles. The fourth-order valence-electron chi connectivity index (χ4n) is 4.87. The number of carbonyl (C=O) groups is 3. The number of carboxylic acid groups (broad SMARTS) is 1. The van der Waals surface area contributed by atoms with Crippen molar-refractivity contribution < 1.29 is 24.2 Å². The molecule has 204 valence electrons. The van der Waals surface area contributed by atoms with Crippen molar-refractivity contribution in [1.82, 2.24) is 20.0 Å². The van der Waals surface area contributed by atoms with E-state index in [1.54, 1.807) is 40.1 Å². The molecule has 1 atom stereocenters. The lowest BCUT2D eigenvalue weighted by molar-refractivity contribution is -0.138. The summed E-state index contributed by atoms with van der Waals surface area (Å²) in [7, 11) is 0. The summed E-state index contributed by atoms with van der Waals surface area (Å²) >= 11 is 12.4. The predicted octanol–water partition coefficient (Wildman–Crippen LogP) is 3.58. The number of ether oxygens (including phenoxy) is 1. The Kier molecular flexibility index (Phi) is 9.85. The van der Waals surface area contributed by atoms with E-state index in [9.17, 15) is 19.5 Å². The van der Waals surface area contributed by atoms with Crippen LogP contribution in [0.1, 0.15) is 27.9 Å². The molecule has 0 saturated carbocycles. The largest absolute Gasteiger partial charge is 0.481 e. The Balaban J connectivity index is 1.46. The number of amides is 3. The number of morpholine rings is 1. The Morgan fingerprint density at radius 2 is 1.68 bits per heavy atom. The van der Waals surface area contributed by atoms with E-state index in [4.69, 9.17) is 27.9 Å². The van der Waals surface area contributed by atoms with Gasteiger partial charge in [-0.05, 0) is 29.3 Å². The number of hydrogen-bond acceptors (Lipinski definition) is 5. The van der Waals surface area contributed by atoms with Gasteiger partial charge in [0.15, 0.2) is 0 Å². The van der Waals surface area contributed by atoms with Gasteiger partial charge in [-0.25, -0.2) is 4.79 Å². The van der Waals surface area contributed by atoms with Crippen LogP contribution in [0.5, 0.6) is 0 Å². The van der Waals surface area contributed by atoms with Crippen LogP contribution in [0.15, 0.2) is 42.5 Å². The number of nitrogens with one attached hydrogen (secondary N) is 1. The first-order chi connectivity index (χ1) is 18.3. The zero-order valence-electron chi connectivity index (χ0n) is 21.1. The van der Waals surface area contributed by atoms with E-state index in [0.717, 1.165) is 25.2 Å². The Morgan fingerprint density at radius 1 is 1.00 bits per heavy atom. The zero-order valence-corrected chi connectivity index (χ0v) is 22.6. The fourth-order valence-corrected chi connectivity index (χ4v) is 5.33. The molecule has 2 aliphatic rings. The number of benzene rings is 2. The number of carboxylic acids is 1. The molecule has 3 amide bonds. The number of rotatable bonds is 10. The second-order valence-electron chi connectivity index (χ2n) is 9.61. The molecular formula is C27H32Cl2N4O5. The molecule has 0 aliphatic carbocycles. The Bertz CT molecular complexity index is 1160. The molecule has 2 aliphatic heterocycles. The molecule has 9 nitrogen and oxygen atoms in total. The third kappa shape index (κ3) is 7.60. The van der Waals surface area contributed by atoms with Gasteiger partial charge in [0, 0.05) is 73.9 Å². The number of urea groups is 1. The standard InChI is InChI=1S/C27H32Cl2N4O5/c28-22-6-5-21(24(29)14-22)18-33-16-19(13-25(34)35)15-32(27(33)37)17-20-3-1-2-4-23(20)26(36)30-7-8-31-9-11-38-12-10-31/h1-6,14,19H,7-13,15-18H2,(H,30,36)(H,34,35). The number of carbonyl (C=O) groups excluding carboxylic acids is 2. The Morgan fingerprint density at radius 3 is 2.37 bits per heavy atom. The Hall–Kier alpha value is -2.85. The zero-order chi connectivity index (χ0) is 27.1. The van der Waals surface area contributed by atoms with E-state index in [1.165, 1.54) is 0 Å². The molecular weight excluding hydrogens is 531 g/mol. The summed E-state index contributed by atoms with van der Waals surface area (Å²) in [5.74, 6) is -1.40. The number of hydrogen-bond donors (Lipinski definition) is 2. The number of nitrogens with zero attached hydrogens (tertiary/aromatic N) is 3. The van der Waals surface area contributed by atoms with Gasteiger partial charge >= 0.3 is 12.0 Å². The van der Waals surface area contributed by atoms with E-state index in [1.807, 2.05) is 12.1 Å². The van der Waals surface area contributed by atoms with Crippen molar-refractivity contribution >= 4 is 41.1 Å². The minimum Gasteiger partial charge on any atom is -0.481 e.